The molecule has 7 nitrogen and oxygen atoms in total. The van der Waals surface area contributed by atoms with Crippen LogP contribution in [0.25, 0.3) is 11.3 Å². The minimum Gasteiger partial charge on any atom is -0.482 e. The number of alkyl halides is 3. The van der Waals surface area contributed by atoms with Crippen LogP contribution in [-0.4, -0.2) is 68.0 Å². The van der Waals surface area contributed by atoms with Crippen LogP contribution in [-0.2, 0) is 0 Å². The first-order chi connectivity index (χ1) is 18.1. The van der Waals surface area contributed by atoms with Crippen LogP contribution in [0, 0.1) is 18.6 Å². The van der Waals surface area contributed by atoms with E-state index in [-0.39, 0.29) is 22.9 Å². The molecule has 12 heteroatoms. The molecule has 38 heavy (non-hydrogen) atoms. The first-order valence-electron chi connectivity index (χ1n) is 12.1. The number of halogens is 5. The van der Waals surface area contributed by atoms with E-state index in [0.717, 1.165) is 6.07 Å². The summed E-state index contributed by atoms with van der Waals surface area (Å²) in [4.78, 5) is 16.8. The van der Waals surface area contributed by atoms with Crippen LogP contribution in [0.3, 0.4) is 0 Å². The number of carbonyl (C=O) groups excluding carboxylic acids is 1. The molecule has 0 saturated carbocycles. The second-order valence-electron chi connectivity index (χ2n) is 8.93. The highest BCUT2D eigenvalue weighted by Gasteiger charge is 2.30. The first kappa shape index (κ1) is 27.4. The van der Waals surface area contributed by atoms with Crippen molar-refractivity contribution in [3.8, 4) is 17.0 Å². The Balaban J connectivity index is 1.26. The molecule has 1 aromatic heterocycles. The summed E-state index contributed by atoms with van der Waals surface area (Å²) in [5.41, 5.74) is 1.39. The number of piperazine rings is 1. The summed E-state index contributed by atoms with van der Waals surface area (Å²) in [7, 11) is 0. The Labute approximate surface area is 216 Å². The molecule has 0 radical (unpaired) electrons. The van der Waals surface area contributed by atoms with Crippen molar-refractivity contribution >= 4 is 11.6 Å². The van der Waals surface area contributed by atoms with Gasteiger partial charge in [-0.3, -0.25) is 9.69 Å². The van der Waals surface area contributed by atoms with Crippen molar-refractivity contribution < 1.29 is 36.0 Å². The summed E-state index contributed by atoms with van der Waals surface area (Å²) in [6.45, 7) is 3.53. The molecule has 1 fully saturated rings. The SMILES string of the molecule is Cc1onc(-c2cccc(F)c2)c1C(=O)NCCCN1CCN(c2ccc(F)cc2OCC(F)(F)F)CC1. The Bertz CT molecular complexity index is 1260. The third-order valence-corrected chi connectivity index (χ3v) is 6.15. The van der Waals surface area contributed by atoms with Crippen molar-refractivity contribution in [2.24, 2.45) is 0 Å². The van der Waals surface area contributed by atoms with Gasteiger partial charge in [-0.15, -0.1) is 0 Å². The highest BCUT2D eigenvalue weighted by atomic mass is 19.4. The Morgan fingerprint density at radius 1 is 1.08 bits per heavy atom. The lowest BCUT2D eigenvalue weighted by Gasteiger charge is -2.36. The zero-order valence-corrected chi connectivity index (χ0v) is 20.7. The molecule has 1 N–H and O–H groups in total. The average Bonchev–Trinajstić information content (AvgIpc) is 3.27. The van der Waals surface area contributed by atoms with Gasteiger partial charge in [-0.25, -0.2) is 8.78 Å². The van der Waals surface area contributed by atoms with E-state index in [4.69, 9.17) is 9.26 Å². The van der Waals surface area contributed by atoms with Crippen LogP contribution < -0.4 is 15.0 Å². The van der Waals surface area contributed by atoms with Gasteiger partial charge in [0.05, 0.1) is 5.69 Å². The maximum absolute atomic E-state index is 13.6. The fourth-order valence-electron chi connectivity index (χ4n) is 4.30. The number of nitrogens with one attached hydrogen (secondary N) is 1. The van der Waals surface area contributed by atoms with Crippen LogP contribution in [0.15, 0.2) is 47.0 Å². The number of amides is 1. The van der Waals surface area contributed by atoms with Gasteiger partial charge in [0.2, 0.25) is 0 Å². The molecule has 1 aliphatic heterocycles. The smallest absolute Gasteiger partial charge is 0.422 e. The van der Waals surface area contributed by atoms with Gasteiger partial charge in [0.25, 0.3) is 5.91 Å². The number of ether oxygens (including phenoxy) is 1. The van der Waals surface area contributed by atoms with E-state index in [1.54, 1.807) is 13.0 Å². The van der Waals surface area contributed by atoms with E-state index in [1.165, 1.54) is 30.3 Å². The lowest BCUT2D eigenvalue weighted by Crippen LogP contribution is -2.47. The summed E-state index contributed by atoms with van der Waals surface area (Å²) in [6.07, 6.45) is -3.87. The van der Waals surface area contributed by atoms with E-state index >= 15 is 0 Å². The van der Waals surface area contributed by atoms with Gasteiger partial charge in [-0.2, -0.15) is 13.2 Å². The van der Waals surface area contributed by atoms with Crippen molar-refractivity contribution in [3.63, 3.8) is 0 Å². The third-order valence-electron chi connectivity index (χ3n) is 6.15. The fraction of sp³-hybridized carbons (Fsp3) is 0.385. The monoisotopic (exact) mass is 538 g/mol. The van der Waals surface area contributed by atoms with Crippen LogP contribution in [0.5, 0.6) is 5.75 Å². The van der Waals surface area contributed by atoms with Crippen LogP contribution >= 0.6 is 0 Å². The predicted molar refractivity (Wildman–Crippen MR) is 130 cm³/mol. The molecule has 0 spiro atoms. The molecule has 3 aromatic rings. The maximum atomic E-state index is 13.6. The topological polar surface area (TPSA) is 70.8 Å². The number of rotatable bonds is 9. The van der Waals surface area contributed by atoms with Crippen molar-refractivity contribution in [1.82, 2.24) is 15.4 Å². The van der Waals surface area contributed by atoms with E-state index < -0.39 is 24.4 Å². The van der Waals surface area contributed by atoms with Gasteiger partial charge in [-0.1, -0.05) is 17.3 Å². The molecular formula is C26H27F5N4O3. The van der Waals surface area contributed by atoms with E-state index in [1.807, 2.05) is 4.90 Å². The fourth-order valence-corrected chi connectivity index (χ4v) is 4.30. The summed E-state index contributed by atoms with van der Waals surface area (Å²) in [5.74, 6) is -1.29. The zero-order valence-electron chi connectivity index (χ0n) is 20.7. The van der Waals surface area contributed by atoms with Crippen molar-refractivity contribution in [2.75, 3.05) is 50.8 Å². The maximum Gasteiger partial charge on any atom is 0.422 e. The van der Waals surface area contributed by atoms with Crippen molar-refractivity contribution in [2.45, 2.75) is 19.5 Å². The van der Waals surface area contributed by atoms with Gasteiger partial charge < -0.3 is 19.5 Å². The van der Waals surface area contributed by atoms with Gasteiger partial charge in [0.1, 0.15) is 34.4 Å². The summed E-state index contributed by atoms with van der Waals surface area (Å²) in [6, 6.07) is 9.35. The molecule has 0 unspecified atom stereocenters. The molecule has 1 aliphatic rings. The molecule has 2 aromatic carbocycles. The molecule has 0 aliphatic carbocycles. The van der Waals surface area contributed by atoms with E-state index in [0.29, 0.717) is 62.7 Å². The van der Waals surface area contributed by atoms with Gasteiger partial charge in [-0.05, 0) is 44.2 Å². The molecule has 0 atom stereocenters. The zero-order chi connectivity index (χ0) is 27.3. The van der Waals surface area contributed by atoms with Crippen LogP contribution in [0.1, 0.15) is 22.5 Å². The largest absolute Gasteiger partial charge is 0.482 e. The van der Waals surface area contributed by atoms with Crippen LogP contribution in [0.4, 0.5) is 27.6 Å². The number of carbonyl (C=O) groups is 1. The highest BCUT2D eigenvalue weighted by molar-refractivity contribution is 6.00. The summed E-state index contributed by atoms with van der Waals surface area (Å²) >= 11 is 0. The summed E-state index contributed by atoms with van der Waals surface area (Å²) in [5, 5.41) is 6.77. The van der Waals surface area contributed by atoms with Crippen molar-refractivity contribution in [3.05, 3.63) is 65.4 Å². The average molecular weight is 539 g/mol. The molecular weight excluding hydrogens is 511 g/mol. The first-order valence-corrected chi connectivity index (χ1v) is 12.1. The molecule has 1 saturated heterocycles. The quantitative estimate of drug-likeness (QED) is 0.312. The Hall–Kier alpha value is -3.67. The third kappa shape index (κ3) is 7.00. The lowest BCUT2D eigenvalue weighted by molar-refractivity contribution is -0.153. The number of anilines is 1. The molecule has 4 rings (SSSR count). The van der Waals surface area contributed by atoms with Gasteiger partial charge in [0, 0.05) is 44.4 Å². The molecule has 1 amide bonds. The number of aromatic nitrogens is 1. The number of benzene rings is 2. The number of aryl methyl sites for hydroxylation is 1. The Morgan fingerprint density at radius 2 is 1.82 bits per heavy atom. The Morgan fingerprint density at radius 3 is 2.53 bits per heavy atom. The molecule has 204 valence electrons. The second kappa shape index (κ2) is 11.8. The summed E-state index contributed by atoms with van der Waals surface area (Å²) < 4.78 is 75.0. The van der Waals surface area contributed by atoms with Gasteiger partial charge >= 0.3 is 6.18 Å². The predicted octanol–water partition coefficient (Wildman–Crippen LogP) is 4.81. The normalized spacial score (nSPS) is 14.5. The number of nitrogens with zero attached hydrogens (tertiary/aromatic N) is 3. The number of hydrogen-bond acceptors (Lipinski definition) is 6. The van der Waals surface area contributed by atoms with Crippen LogP contribution in [0.2, 0.25) is 0 Å². The van der Waals surface area contributed by atoms with E-state index in [9.17, 15) is 26.7 Å². The molecule has 2 heterocycles. The Kier molecular flexibility index (Phi) is 8.50. The standard InChI is InChI=1S/C26H27F5N4O3/c1-17-23(24(33-38-17)18-4-2-5-19(27)14-18)25(36)32-8-3-9-34-10-12-35(13-11-34)21-7-6-20(28)15-22(21)37-16-26(29,30)31/h2,4-7,14-15H,3,8-13,16H2,1H3,(H,32,36). The van der Waals surface area contributed by atoms with Crippen molar-refractivity contribution in [1.29, 1.82) is 0 Å². The second-order valence-corrected chi connectivity index (χ2v) is 8.93. The highest BCUT2D eigenvalue weighted by Crippen LogP contribution is 2.31. The van der Waals surface area contributed by atoms with Gasteiger partial charge in [0.15, 0.2) is 6.61 Å². The molecule has 0 bridgehead atoms. The number of hydrogen-bond donors (Lipinski definition) is 1. The van der Waals surface area contributed by atoms with E-state index in [2.05, 4.69) is 15.4 Å². The minimum atomic E-state index is -4.52. The minimum absolute atomic E-state index is 0.139. The lowest BCUT2D eigenvalue weighted by atomic mass is 10.1.